The van der Waals surface area contributed by atoms with Crippen LogP contribution in [0.1, 0.15) is 37.6 Å². The van der Waals surface area contributed by atoms with E-state index in [4.69, 9.17) is 9.15 Å². The summed E-state index contributed by atoms with van der Waals surface area (Å²) in [5.74, 6) is 1.93. The molecule has 2 rings (SSSR count). The maximum atomic E-state index is 5.49. The first-order chi connectivity index (χ1) is 9.83. The smallest absolute Gasteiger partial charge is 0.119 e. The monoisotopic (exact) mass is 273 g/mol. The topological polar surface area (TPSA) is 34.4 Å². The fraction of sp³-hybridized carbons (Fsp3) is 0.412. The Balaban J connectivity index is 2.08. The number of benzene rings is 1. The van der Waals surface area contributed by atoms with Gasteiger partial charge in [-0.25, -0.2) is 0 Å². The summed E-state index contributed by atoms with van der Waals surface area (Å²) in [4.78, 5) is 0. The molecule has 0 saturated carbocycles. The molecule has 0 aliphatic carbocycles. The average molecular weight is 273 g/mol. The summed E-state index contributed by atoms with van der Waals surface area (Å²) in [6.07, 6.45) is 3.71. The Labute approximate surface area is 121 Å². The van der Waals surface area contributed by atoms with Gasteiger partial charge in [0.15, 0.2) is 0 Å². The zero-order valence-corrected chi connectivity index (χ0v) is 12.3. The van der Waals surface area contributed by atoms with E-state index < -0.39 is 0 Å². The molecule has 1 N–H and O–H groups in total. The minimum Gasteiger partial charge on any atom is -0.494 e. The SMILES string of the molecule is CCCNC(Cc1ccco1)c1ccc(OCC)cc1. The van der Waals surface area contributed by atoms with E-state index in [1.165, 1.54) is 5.56 Å². The van der Waals surface area contributed by atoms with E-state index in [0.29, 0.717) is 6.61 Å². The van der Waals surface area contributed by atoms with E-state index in [1.807, 2.05) is 31.2 Å². The van der Waals surface area contributed by atoms with Crippen molar-refractivity contribution in [1.29, 1.82) is 0 Å². The fourth-order valence-electron chi connectivity index (χ4n) is 2.22. The van der Waals surface area contributed by atoms with E-state index in [9.17, 15) is 0 Å². The molecule has 0 radical (unpaired) electrons. The van der Waals surface area contributed by atoms with Crippen LogP contribution in [0.3, 0.4) is 0 Å². The van der Waals surface area contributed by atoms with Gasteiger partial charge < -0.3 is 14.5 Å². The van der Waals surface area contributed by atoms with Crippen LogP contribution in [0.5, 0.6) is 5.75 Å². The normalized spacial score (nSPS) is 12.3. The lowest BCUT2D eigenvalue weighted by atomic mass is 10.0. The second kappa shape index (κ2) is 7.75. The number of ether oxygens (including phenoxy) is 1. The number of rotatable bonds is 8. The van der Waals surface area contributed by atoms with Crippen molar-refractivity contribution in [3.8, 4) is 5.75 Å². The highest BCUT2D eigenvalue weighted by atomic mass is 16.5. The molecule has 0 bridgehead atoms. The zero-order chi connectivity index (χ0) is 14.2. The van der Waals surface area contributed by atoms with Crippen LogP contribution in [0.4, 0.5) is 0 Å². The summed E-state index contributed by atoms with van der Waals surface area (Å²) in [7, 11) is 0. The van der Waals surface area contributed by atoms with Crippen LogP contribution in [0, 0.1) is 0 Å². The Morgan fingerprint density at radius 3 is 2.55 bits per heavy atom. The third-order valence-electron chi connectivity index (χ3n) is 3.22. The largest absolute Gasteiger partial charge is 0.494 e. The lowest BCUT2D eigenvalue weighted by Crippen LogP contribution is -2.23. The van der Waals surface area contributed by atoms with Gasteiger partial charge in [0.25, 0.3) is 0 Å². The standard InChI is InChI=1S/C17H23NO2/c1-3-11-18-17(13-16-6-5-12-20-16)14-7-9-15(10-8-14)19-4-2/h5-10,12,17-18H,3-4,11,13H2,1-2H3. The van der Waals surface area contributed by atoms with Gasteiger partial charge in [0, 0.05) is 12.5 Å². The van der Waals surface area contributed by atoms with Gasteiger partial charge in [-0.1, -0.05) is 19.1 Å². The van der Waals surface area contributed by atoms with E-state index in [1.54, 1.807) is 6.26 Å². The molecule has 3 nitrogen and oxygen atoms in total. The van der Waals surface area contributed by atoms with Crippen LogP contribution < -0.4 is 10.1 Å². The van der Waals surface area contributed by atoms with Gasteiger partial charge >= 0.3 is 0 Å². The summed E-state index contributed by atoms with van der Waals surface area (Å²) in [5, 5.41) is 3.57. The highest BCUT2D eigenvalue weighted by Crippen LogP contribution is 2.21. The minimum absolute atomic E-state index is 0.275. The first kappa shape index (κ1) is 14.7. The molecule has 1 unspecified atom stereocenters. The molecular weight excluding hydrogens is 250 g/mol. The Kier molecular flexibility index (Phi) is 5.69. The summed E-state index contributed by atoms with van der Waals surface area (Å²) < 4.78 is 11.0. The Bertz CT molecular complexity index is 476. The van der Waals surface area contributed by atoms with Crippen LogP contribution in [0.2, 0.25) is 0 Å². The van der Waals surface area contributed by atoms with E-state index in [2.05, 4.69) is 24.4 Å². The number of hydrogen-bond acceptors (Lipinski definition) is 3. The third-order valence-corrected chi connectivity index (χ3v) is 3.22. The molecule has 108 valence electrons. The van der Waals surface area contributed by atoms with E-state index in [0.717, 1.165) is 30.9 Å². The molecule has 0 amide bonds. The van der Waals surface area contributed by atoms with Gasteiger partial charge in [-0.15, -0.1) is 0 Å². The molecule has 1 atom stereocenters. The third kappa shape index (κ3) is 4.14. The van der Waals surface area contributed by atoms with E-state index in [-0.39, 0.29) is 6.04 Å². The number of nitrogens with one attached hydrogen (secondary N) is 1. The zero-order valence-electron chi connectivity index (χ0n) is 12.3. The molecule has 1 aromatic heterocycles. The molecule has 0 saturated heterocycles. The van der Waals surface area contributed by atoms with Gasteiger partial charge in [0.1, 0.15) is 11.5 Å². The van der Waals surface area contributed by atoms with Gasteiger partial charge in [0.2, 0.25) is 0 Å². The molecule has 2 aromatic rings. The maximum Gasteiger partial charge on any atom is 0.119 e. The van der Waals surface area contributed by atoms with E-state index >= 15 is 0 Å². The molecule has 1 aromatic carbocycles. The van der Waals surface area contributed by atoms with Crippen molar-refractivity contribution in [1.82, 2.24) is 5.32 Å². The summed E-state index contributed by atoms with van der Waals surface area (Å²) >= 11 is 0. The van der Waals surface area contributed by atoms with Crippen LogP contribution in [-0.2, 0) is 6.42 Å². The van der Waals surface area contributed by atoms with Crippen LogP contribution in [0.25, 0.3) is 0 Å². The van der Waals surface area contributed by atoms with Crippen molar-refractivity contribution in [2.75, 3.05) is 13.2 Å². The molecule has 0 aliphatic heterocycles. The summed E-state index contributed by atoms with van der Waals surface area (Å²) in [6.45, 7) is 5.87. The highest BCUT2D eigenvalue weighted by Gasteiger charge is 2.13. The second-order valence-corrected chi connectivity index (χ2v) is 4.79. The molecule has 0 fully saturated rings. The predicted molar refractivity (Wildman–Crippen MR) is 81.1 cm³/mol. The van der Waals surface area contributed by atoms with Crippen molar-refractivity contribution < 1.29 is 9.15 Å². The molecular formula is C17H23NO2. The van der Waals surface area contributed by atoms with Crippen LogP contribution in [-0.4, -0.2) is 13.2 Å². The molecule has 20 heavy (non-hydrogen) atoms. The number of hydrogen-bond donors (Lipinski definition) is 1. The Morgan fingerprint density at radius 1 is 1.15 bits per heavy atom. The van der Waals surface area contributed by atoms with Crippen molar-refractivity contribution >= 4 is 0 Å². The van der Waals surface area contributed by atoms with Crippen molar-refractivity contribution in [3.63, 3.8) is 0 Å². The van der Waals surface area contributed by atoms with Gasteiger partial charge in [-0.2, -0.15) is 0 Å². The predicted octanol–water partition coefficient (Wildman–Crippen LogP) is 3.96. The fourth-order valence-corrected chi connectivity index (χ4v) is 2.22. The molecule has 3 heteroatoms. The number of furan rings is 1. The highest BCUT2D eigenvalue weighted by molar-refractivity contribution is 5.29. The first-order valence-corrected chi connectivity index (χ1v) is 7.32. The van der Waals surface area contributed by atoms with Crippen molar-refractivity contribution in [2.45, 2.75) is 32.7 Å². The van der Waals surface area contributed by atoms with Crippen LogP contribution in [0.15, 0.2) is 47.1 Å². The van der Waals surface area contributed by atoms with Crippen molar-refractivity contribution in [2.24, 2.45) is 0 Å². The lowest BCUT2D eigenvalue weighted by molar-refractivity contribution is 0.340. The van der Waals surface area contributed by atoms with Gasteiger partial charge in [-0.3, -0.25) is 0 Å². The lowest BCUT2D eigenvalue weighted by Gasteiger charge is -2.18. The molecule has 0 aliphatic rings. The Hall–Kier alpha value is -1.74. The van der Waals surface area contributed by atoms with Crippen molar-refractivity contribution in [3.05, 3.63) is 54.0 Å². The van der Waals surface area contributed by atoms with Gasteiger partial charge in [0.05, 0.1) is 12.9 Å². The molecule has 0 spiro atoms. The van der Waals surface area contributed by atoms with Crippen LogP contribution >= 0.6 is 0 Å². The quantitative estimate of drug-likeness (QED) is 0.790. The minimum atomic E-state index is 0.275. The average Bonchev–Trinajstić information content (AvgIpc) is 2.98. The second-order valence-electron chi connectivity index (χ2n) is 4.79. The Morgan fingerprint density at radius 2 is 1.95 bits per heavy atom. The molecule has 1 heterocycles. The summed E-state index contributed by atoms with van der Waals surface area (Å²) in [6, 6.07) is 12.5. The summed E-state index contributed by atoms with van der Waals surface area (Å²) in [5.41, 5.74) is 1.26. The first-order valence-electron chi connectivity index (χ1n) is 7.32. The maximum absolute atomic E-state index is 5.49. The van der Waals surface area contributed by atoms with Gasteiger partial charge in [-0.05, 0) is 49.7 Å².